The smallest absolute Gasteiger partial charge is 0.261 e. The lowest BCUT2D eigenvalue weighted by Crippen LogP contribution is -2.30. The number of sulfonamides is 2. The van der Waals surface area contributed by atoms with Crippen molar-refractivity contribution in [2.24, 2.45) is 0 Å². The minimum absolute atomic E-state index is 0.0558. The molecule has 0 aliphatic rings. The van der Waals surface area contributed by atoms with E-state index in [-0.39, 0.29) is 15.5 Å². The van der Waals surface area contributed by atoms with Crippen molar-refractivity contribution in [1.82, 2.24) is 4.31 Å². The number of rotatable bonds is 7. The van der Waals surface area contributed by atoms with Gasteiger partial charge in [-0.25, -0.2) is 16.8 Å². The zero-order chi connectivity index (χ0) is 18.7. The maximum absolute atomic E-state index is 12.6. The van der Waals surface area contributed by atoms with E-state index in [1.54, 1.807) is 26.0 Å². The number of nitrogens with zero attached hydrogens (tertiary/aromatic N) is 1. The van der Waals surface area contributed by atoms with Crippen molar-refractivity contribution in [3.8, 4) is 0 Å². The van der Waals surface area contributed by atoms with Crippen LogP contribution in [0.3, 0.4) is 0 Å². The van der Waals surface area contributed by atoms with Crippen LogP contribution in [-0.4, -0.2) is 34.2 Å². The molecular weight excluding hydrogens is 360 g/mol. The van der Waals surface area contributed by atoms with Crippen LogP contribution in [0.1, 0.15) is 19.4 Å². The fourth-order valence-corrected chi connectivity index (χ4v) is 4.92. The number of hydrogen-bond acceptors (Lipinski definition) is 4. The van der Waals surface area contributed by atoms with Crippen LogP contribution in [0.2, 0.25) is 0 Å². The second-order valence-electron chi connectivity index (χ2n) is 5.54. The van der Waals surface area contributed by atoms with E-state index in [2.05, 4.69) is 4.72 Å². The summed E-state index contributed by atoms with van der Waals surface area (Å²) in [5.74, 6) is 0. The average molecular weight is 383 g/mol. The lowest BCUT2D eigenvalue weighted by molar-refractivity contribution is 0.445. The summed E-state index contributed by atoms with van der Waals surface area (Å²) >= 11 is 0. The molecule has 0 bridgehead atoms. The molecular formula is C17H22N2O4S2. The summed E-state index contributed by atoms with van der Waals surface area (Å²) in [6, 6.07) is 12.3. The monoisotopic (exact) mass is 382 g/mol. The Morgan fingerprint density at radius 1 is 0.880 bits per heavy atom. The molecule has 0 amide bonds. The van der Waals surface area contributed by atoms with Crippen molar-refractivity contribution < 1.29 is 16.8 Å². The first-order chi connectivity index (χ1) is 11.7. The Balaban J connectivity index is 2.35. The first-order valence-electron chi connectivity index (χ1n) is 7.90. The van der Waals surface area contributed by atoms with Crippen LogP contribution in [0.15, 0.2) is 58.3 Å². The van der Waals surface area contributed by atoms with Crippen LogP contribution >= 0.6 is 0 Å². The molecule has 0 fully saturated rings. The van der Waals surface area contributed by atoms with Gasteiger partial charge in [-0.15, -0.1) is 0 Å². The van der Waals surface area contributed by atoms with E-state index in [1.165, 1.54) is 40.7 Å². The van der Waals surface area contributed by atoms with E-state index in [4.69, 9.17) is 0 Å². The topological polar surface area (TPSA) is 83.6 Å². The second kappa shape index (κ2) is 7.55. The zero-order valence-corrected chi connectivity index (χ0v) is 16.1. The lowest BCUT2D eigenvalue weighted by atomic mass is 10.2. The molecule has 0 atom stereocenters. The highest BCUT2D eigenvalue weighted by atomic mass is 32.2. The van der Waals surface area contributed by atoms with Gasteiger partial charge in [-0.1, -0.05) is 37.6 Å². The predicted molar refractivity (Wildman–Crippen MR) is 98.5 cm³/mol. The van der Waals surface area contributed by atoms with Gasteiger partial charge in [-0.3, -0.25) is 4.72 Å². The van der Waals surface area contributed by atoms with Crippen LogP contribution in [0, 0.1) is 6.92 Å². The van der Waals surface area contributed by atoms with Crippen LogP contribution in [0.4, 0.5) is 5.69 Å². The Labute approximate surface area is 149 Å². The summed E-state index contributed by atoms with van der Waals surface area (Å²) in [6.45, 7) is 6.07. The van der Waals surface area contributed by atoms with E-state index in [1.807, 2.05) is 6.92 Å². The molecule has 2 rings (SSSR count). The Hall–Kier alpha value is -1.90. The molecule has 0 saturated heterocycles. The van der Waals surface area contributed by atoms with E-state index in [0.717, 1.165) is 5.56 Å². The van der Waals surface area contributed by atoms with Gasteiger partial charge in [0.05, 0.1) is 15.5 Å². The van der Waals surface area contributed by atoms with E-state index in [0.29, 0.717) is 13.1 Å². The Morgan fingerprint density at radius 3 is 2.04 bits per heavy atom. The fraction of sp³-hybridized carbons (Fsp3) is 0.294. The molecule has 2 aromatic rings. The second-order valence-corrected chi connectivity index (χ2v) is 9.16. The third-order valence-electron chi connectivity index (χ3n) is 3.76. The maximum atomic E-state index is 12.6. The molecule has 6 nitrogen and oxygen atoms in total. The fourth-order valence-electron chi connectivity index (χ4n) is 2.36. The third-order valence-corrected chi connectivity index (χ3v) is 7.20. The Kier molecular flexibility index (Phi) is 5.87. The van der Waals surface area contributed by atoms with Crippen LogP contribution < -0.4 is 4.72 Å². The number of hydrogen-bond donors (Lipinski definition) is 1. The first kappa shape index (κ1) is 19.4. The highest BCUT2D eigenvalue weighted by Gasteiger charge is 2.22. The predicted octanol–water partition coefficient (Wildman–Crippen LogP) is 2.83. The third kappa shape index (κ3) is 4.39. The van der Waals surface area contributed by atoms with Gasteiger partial charge in [0.2, 0.25) is 10.0 Å². The normalized spacial score (nSPS) is 12.3. The highest BCUT2D eigenvalue weighted by Crippen LogP contribution is 2.22. The van der Waals surface area contributed by atoms with E-state index >= 15 is 0 Å². The summed E-state index contributed by atoms with van der Waals surface area (Å²) in [7, 11) is -7.43. The summed E-state index contributed by atoms with van der Waals surface area (Å²) in [4.78, 5) is 0.176. The summed E-state index contributed by atoms with van der Waals surface area (Å²) < 4.78 is 53.8. The van der Waals surface area contributed by atoms with Gasteiger partial charge in [0.15, 0.2) is 0 Å². The summed E-state index contributed by atoms with van der Waals surface area (Å²) in [5, 5.41) is 0. The molecule has 8 heteroatoms. The van der Waals surface area contributed by atoms with Gasteiger partial charge in [-0.2, -0.15) is 4.31 Å². The molecule has 2 aromatic carbocycles. The number of benzene rings is 2. The molecule has 136 valence electrons. The molecule has 0 aromatic heterocycles. The van der Waals surface area contributed by atoms with Gasteiger partial charge in [0.25, 0.3) is 10.0 Å². The minimum atomic E-state index is -3.78. The quantitative estimate of drug-likeness (QED) is 0.798. The molecule has 1 N–H and O–H groups in total. The van der Waals surface area contributed by atoms with E-state index in [9.17, 15) is 16.8 Å². The number of nitrogens with one attached hydrogen (secondary N) is 1. The van der Waals surface area contributed by atoms with Crippen molar-refractivity contribution in [3.63, 3.8) is 0 Å². The van der Waals surface area contributed by atoms with Crippen molar-refractivity contribution in [1.29, 1.82) is 0 Å². The molecule has 0 radical (unpaired) electrons. The van der Waals surface area contributed by atoms with Crippen molar-refractivity contribution in [2.45, 2.75) is 30.6 Å². The first-order valence-corrected chi connectivity index (χ1v) is 10.8. The molecule has 0 aliphatic heterocycles. The SMILES string of the molecule is CCN(CC)S(=O)(=O)c1cccc(NS(=O)(=O)c2ccc(C)cc2)c1. The van der Waals surface area contributed by atoms with Crippen molar-refractivity contribution >= 4 is 25.7 Å². The molecule has 0 heterocycles. The molecule has 25 heavy (non-hydrogen) atoms. The largest absolute Gasteiger partial charge is 0.280 e. The summed E-state index contributed by atoms with van der Waals surface area (Å²) in [6.07, 6.45) is 0. The summed E-state index contributed by atoms with van der Waals surface area (Å²) in [5.41, 5.74) is 1.15. The van der Waals surface area contributed by atoms with Gasteiger partial charge in [-0.05, 0) is 37.3 Å². The standard InChI is InChI=1S/C17H22N2O4S2/c1-4-19(5-2)25(22,23)17-8-6-7-15(13-17)18-24(20,21)16-11-9-14(3)10-12-16/h6-13,18H,4-5H2,1-3H3. The molecule has 0 unspecified atom stereocenters. The van der Waals surface area contributed by atoms with Gasteiger partial charge >= 0.3 is 0 Å². The minimum Gasteiger partial charge on any atom is -0.280 e. The lowest BCUT2D eigenvalue weighted by Gasteiger charge is -2.19. The van der Waals surface area contributed by atoms with E-state index < -0.39 is 20.0 Å². The van der Waals surface area contributed by atoms with Crippen LogP contribution in [0.5, 0.6) is 0 Å². The Morgan fingerprint density at radius 2 is 1.48 bits per heavy atom. The van der Waals surface area contributed by atoms with Gasteiger partial charge in [0, 0.05) is 13.1 Å². The Bertz CT molecular complexity index is 933. The number of aryl methyl sites for hydroxylation is 1. The molecule has 0 aliphatic carbocycles. The zero-order valence-electron chi connectivity index (χ0n) is 14.4. The van der Waals surface area contributed by atoms with Gasteiger partial charge in [0.1, 0.15) is 0 Å². The van der Waals surface area contributed by atoms with Crippen LogP contribution in [0.25, 0.3) is 0 Å². The highest BCUT2D eigenvalue weighted by molar-refractivity contribution is 7.92. The molecule has 0 saturated carbocycles. The van der Waals surface area contributed by atoms with Crippen LogP contribution in [-0.2, 0) is 20.0 Å². The number of anilines is 1. The molecule has 0 spiro atoms. The van der Waals surface area contributed by atoms with Gasteiger partial charge < -0.3 is 0 Å². The average Bonchev–Trinajstić information content (AvgIpc) is 2.56. The van der Waals surface area contributed by atoms with Crippen molar-refractivity contribution in [2.75, 3.05) is 17.8 Å². The van der Waals surface area contributed by atoms with Crippen molar-refractivity contribution in [3.05, 3.63) is 54.1 Å². The maximum Gasteiger partial charge on any atom is 0.261 e.